The summed E-state index contributed by atoms with van der Waals surface area (Å²) in [4.78, 5) is -0.0725. The van der Waals surface area contributed by atoms with Crippen molar-refractivity contribution in [1.82, 2.24) is 4.31 Å². The molecule has 1 atom stereocenters. The van der Waals surface area contributed by atoms with Gasteiger partial charge < -0.3 is 4.74 Å². The van der Waals surface area contributed by atoms with E-state index >= 15 is 0 Å². The first-order valence-electron chi connectivity index (χ1n) is 6.74. The van der Waals surface area contributed by atoms with E-state index in [1.165, 1.54) is 36.7 Å². The summed E-state index contributed by atoms with van der Waals surface area (Å²) in [6.07, 6.45) is 0. The van der Waals surface area contributed by atoms with E-state index in [4.69, 9.17) is 4.74 Å². The lowest BCUT2D eigenvalue weighted by Crippen LogP contribution is -2.30. The van der Waals surface area contributed by atoms with Gasteiger partial charge in [0.25, 0.3) is 0 Å². The van der Waals surface area contributed by atoms with Gasteiger partial charge in [0.05, 0.1) is 18.0 Å². The number of rotatable bonds is 5. The molecule has 0 N–H and O–H groups in total. The molecule has 0 heterocycles. The molecule has 0 aliphatic heterocycles. The topological polar surface area (TPSA) is 46.6 Å². The highest BCUT2D eigenvalue weighted by atomic mass is 32.2. The Morgan fingerprint density at radius 3 is 2.45 bits per heavy atom. The van der Waals surface area contributed by atoms with Gasteiger partial charge in [-0.3, -0.25) is 0 Å². The smallest absolute Gasteiger partial charge is 0.243 e. The van der Waals surface area contributed by atoms with Gasteiger partial charge in [0.2, 0.25) is 10.0 Å². The third-order valence-corrected chi connectivity index (χ3v) is 5.53. The summed E-state index contributed by atoms with van der Waals surface area (Å²) in [5.41, 5.74) is 0.743. The number of para-hydroxylation sites is 1. The van der Waals surface area contributed by atoms with Crippen molar-refractivity contribution in [2.24, 2.45) is 0 Å². The number of hydrogen-bond acceptors (Lipinski definition) is 3. The van der Waals surface area contributed by atoms with E-state index in [-0.39, 0.29) is 4.90 Å². The third-order valence-electron chi connectivity index (χ3n) is 3.61. The van der Waals surface area contributed by atoms with E-state index in [0.29, 0.717) is 5.75 Å². The Labute approximate surface area is 130 Å². The van der Waals surface area contributed by atoms with Crippen molar-refractivity contribution in [3.63, 3.8) is 0 Å². The van der Waals surface area contributed by atoms with Gasteiger partial charge in [0, 0.05) is 12.6 Å². The second-order valence-corrected chi connectivity index (χ2v) is 6.89. The van der Waals surface area contributed by atoms with Crippen LogP contribution in [0.5, 0.6) is 5.75 Å². The van der Waals surface area contributed by atoms with Crippen LogP contribution in [0.25, 0.3) is 0 Å². The van der Waals surface area contributed by atoms with E-state index in [9.17, 15) is 12.8 Å². The van der Waals surface area contributed by atoms with Crippen molar-refractivity contribution in [3.05, 3.63) is 59.9 Å². The van der Waals surface area contributed by atoms with Crippen LogP contribution in [0.1, 0.15) is 18.5 Å². The second kappa shape index (κ2) is 6.46. The summed E-state index contributed by atoms with van der Waals surface area (Å²) < 4.78 is 45.0. The maximum Gasteiger partial charge on any atom is 0.243 e. The molecule has 0 aliphatic carbocycles. The van der Waals surface area contributed by atoms with Gasteiger partial charge in [-0.15, -0.1) is 0 Å². The van der Waals surface area contributed by atoms with Crippen molar-refractivity contribution in [2.75, 3.05) is 14.2 Å². The molecule has 2 aromatic carbocycles. The standard InChI is InChI=1S/C16H18FNO3S/c1-12(15-9-4-5-10-16(15)21-3)18(2)22(19,20)14-8-6-7-13(17)11-14/h4-12H,1-3H3/t12-/m0/s1. The monoisotopic (exact) mass is 323 g/mol. The summed E-state index contributed by atoms with van der Waals surface area (Å²) in [7, 11) is -0.792. The van der Waals surface area contributed by atoms with Gasteiger partial charge in [0.1, 0.15) is 11.6 Å². The molecule has 4 nitrogen and oxygen atoms in total. The zero-order valence-corrected chi connectivity index (χ0v) is 13.5. The van der Waals surface area contributed by atoms with E-state index < -0.39 is 21.9 Å². The molecule has 0 saturated carbocycles. The number of halogens is 1. The summed E-state index contributed by atoms with van der Waals surface area (Å²) in [6.45, 7) is 1.76. The number of hydrogen-bond donors (Lipinski definition) is 0. The van der Waals surface area contributed by atoms with Crippen molar-refractivity contribution in [1.29, 1.82) is 0 Å². The van der Waals surface area contributed by atoms with Gasteiger partial charge in [0.15, 0.2) is 0 Å². The minimum atomic E-state index is -3.80. The van der Waals surface area contributed by atoms with Gasteiger partial charge >= 0.3 is 0 Å². The maximum atomic E-state index is 13.3. The Hall–Kier alpha value is -1.92. The van der Waals surface area contributed by atoms with Crippen LogP contribution in [0.15, 0.2) is 53.4 Å². The van der Waals surface area contributed by atoms with E-state index in [1.54, 1.807) is 19.1 Å². The number of nitrogens with zero attached hydrogens (tertiary/aromatic N) is 1. The fourth-order valence-electron chi connectivity index (χ4n) is 2.21. The molecular weight excluding hydrogens is 305 g/mol. The molecule has 0 unspecified atom stereocenters. The van der Waals surface area contributed by atoms with Crippen LogP contribution in [-0.2, 0) is 10.0 Å². The fourth-order valence-corrected chi connectivity index (χ4v) is 3.58. The van der Waals surface area contributed by atoms with Crippen molar-refractivity contribution in [3.8, 4) is 5.75 Å². The number of benzene rings is 2. The predicted molar refractivity (Wildman–Crippen MR) is 82.8 cm³/mol. The molecular formula is C16H18FNO3S. The number of sulfonamides is 1. The maximum absolute atomic E-state index is 13.3. The highest BCUT2D eigenvalue weighted by molar-refractivity contribution is 7.89. The van der Waals surface area contributed by atoms with Crippen LogP contribution in [0, 0.1) is 5.82 Å². The molecule has 0 spiro atoms. The van der Waals surface area contributed by atoms with Gasteiger partial charge in [-0.2, -0.15) is 4.31 Å². The van der Waals surface area contributed by atoms with E-state index in [2.05, 4.69) is 0 Å². The largest absolute Gasteiger partial charge is 0.496 e. The predicted octanol–water partition coefficient (Wildman–Crippen LogP) is 3.22. The first-order chi connectivity index (χ1) is 10.4. The Morgan fingerprint density at radius 2 is 1.82 bits per heavy atom. The fraction of sp³-hybridized carbons (Fsp3) is 0.250. The average molecular weight is 323 g/mol. The van der Waals surface area contributed by atoms with Gasteiger partial charge in [-0.05, 0) is 31.2 Å². The summed E-state index contributed by atoms with van der Waals surface area (Å²) in [6, 6.07) is 11.7. The molecule has 0 bridgehead atoms. The first-order valence-corrected chi connectivity index (χ1v) is 8.18. The normalized spacial score (nSPS) is 13.1. The molecule has 0 aliphatic rings. The van der Waals surface area contributed by atoms with Crippen LogP contribution in [0.3, 0.4) is 0 Å². The zero-order valence-electron chi connectivity index (χ0n) is 12.7. The average Bonchev–Trinajstić information content (AvgIpc) is 2.53. The Kier molecular flexibility index (Phi) is 4.83. The highest BCUT2D eigenvalue weighted by Gasteiger charge is 2.28. The summed E-state index contributed by atoms with van der Waals surface area (Å²) in [5, 5.41) is 0. The van der Waals surface area contributed by atoms with Crippen LogP contribution >= 0.6 is 0 Å². The van der Waals surface area contributed by atoms with Crippen LogP contribution < -0.4 is 4.74 Å². The van der Waals surface area contributed by atoms with Crippen LogP contribution in [0.4, 0.5) is 4.39 Å². The number of ether oxygens (including phenoxy) is 1. The lowest BCUT2D eigenvalue weighted by atomic mass is 10.1. The molecule has 0 amide bonds. The number of methoxy groups -OCH3 is 1. The lowest BCUT2D eigenvalue weighted by Gasteiger charge is -2.26. The molecule has 0 aromatic heterocycles. The summed E-state index contributed by atoms with van der Waals surface area (Å²) >= 11 is 0. The molecule has 118 valence electrons. The van der Waals surface area contributed by atoms with Crippen LogP contribution in [-0.4, -0.2) is 26.9 Å². The lowest BCUT2D eigenvalue weighted by molar-refractivity contribution is 0.367. The van der Waals surface area contributed by atoms with E-state index in [0.717, 1.165) is 11.6 Å². The Balaban J connectivity index is 2.40. The third kappa shape index (κ3) is 3.13. The first kappa shape index (κ1) is 16.5. The molecule has 6 heteroatoms. The molecule has 0 saturated heterocycles. The minimum Gasteiger partial charge on any atom is -0.496 e. The quantitative estimate of drug-likeness (QED) is 0.849. The van der Waals surface area contributed by atoms with Crippen molar-refractivity contribution in [2.45, 2.75) is 17.9 Å². The van der Waals surface area contributed by atoms with E-state index in [1.807, 2.05) is 12.1 Å². The molecule has 22 heavy (non-hydrogen) atoms. The summed E-state index contributed by atoms with van der Waals surface area (Å²) in [5.74, 6) is 0.0238. The van der Waals surface area contributed by atoms with Crippen molar-refractivity contribution >= 4 is 10.0 Å². The Bertz CT molecular complexity index is 761. The molecule has 0 fully saturated rings. The van der Waals surface area contributed by atoms with Crippen LogP contribution in [0.2, 0.25) is 0 Å². The Morgan fingerprint density at radius 1 is 1.14 bits per heavy atom. The zero-order chi connectivity index (χ0) is 16.3. The second-order valence-electron chi connectivity index (χ2n) is 4.90. The molecule has 0 radical (unpaired) electrons. The SMILES string of the molecule is COc1ccccc1[C@H](C)N(C)S(=O)(=O)c1cccc(F)c1. The van der Waals surface area contributed by atoms with Gasteiger partial charge in [-0.1, -0.05) is 24.3 Å². The molecule has 2 aromatic rings. The minimum absolute atomic E-state index is 0.0725. The van der Waals surface area contributed by atoms with Crippen molar-refractivity contribution < 1.29 is 17.5 Å². The highest BCUT2D eigenvalue weighted by Crippen LogP contribution is 2.31. The molecule has 2 rings (SSSR count). The van der Waals surface area contributed by atoms with Gasteiger partial charge in [-0.25, -0.2) is 12.8 Å².